The van der Waals surface area contributed by atoms with Crippen molar-refractivity contribution < 1.29 is 0 Å². The van der Waals surface area contributed by atoms with Crippen LogP contribution in [0.2, 0.25) is 4.34 Å². The van der Waals surface area contributed by atoms with E-state index in [2.05, 4.69) is 16.5 Å². The summed E-state index contributed by atoms with van der Waals surface area (Å²) in [5.74, 6) is 1.17. The lowest BCUT2D eigenvalue weighted by molar-refractivity contribution is 0.757. The number of anilines is 1. The van der Waals surface area contributed by atoms with Crippen molar-refractivity contribution in [3.63, 3.8) is 0 Å². The minimum absolute atomic E-state index is 0.820. The largest absolute Gasteiger partial charge is 0.370 e. The number of thiophene rings is 1. The molecule has 2 aromatic heterocycles. The van der Waals surface area contributed by atoms with Gasteiger partial charge < -0.3 is 5.32 Å². The molecule has 90 valence electrons. The van der Waals surface area contributed by atoms with E-state index in [9.17, 15) is 0 Å². The highest BCUT2D eigenvalue weighted by atomic mass is 35.5. The maximum absolute atomic E-state index is 6.00. The van der Waals surface area contributed by atoms with Crippen LogP contribution in [0.3, 0.4) is 0 Å². The Morgan fingerprint density at radius 2 is 2.29 bits per heavy atom. The molecule has 2 aromatic rings. The fourth-order valence-electron chi connectivity index (χ4n) is 2.30. The molecule has 0 radical (unpaired) electrons. The molecule has 0 aromatic carbocycles. The standard InChI is InChI=1S/C12H14ClN3S/c1-16-12-8(4-2-3-7-14-12)11(15-16)9-5-6-10(13)17-9/h5-6,14H,2-4,7H2,1H3. The Morgan fingerprint density at radius 3 is 3.06 bits per heavy atom. The van der Waals surface area contributed by atoms with E-state index in [1.165, 1.54) is 24.2 Å². The van der Waals surface area contributed by atoms with Crippen molar-refractivity contribution >= 4 is 28.8 Å². The lowest BCUT2D eigenvalue weighted by Gasteiger charge is -2.03. The molecule has 0 amide bonds. The molecule has 17 heavy (non-hydrogen) atoms. The zero-order chi connectivity index (χ0) is 11.8. The summed E-state index contributed by atoms with van der Waals surface area (Å²) in [6, 6.07) is 3.99. The van der Waals surface area contributed by atoms with Crippen molar-refractivity contribution in [3.05, 3.63) is 22.0 Å². The molecule has 0 saturated heterocycles. The Morgan fingerprint density at radius 1 is 1.41 bits per heavy atom. The van der Waals surface area contributed by atoms with Crippen LogP contribution in [-0.4, -0.2) is 16.3 Å². The van der Waals surface area contributed by atoms with Crippen molar-refractivity contribution in [2.24, 2.45) is 7.05 Å². The number of nitrogens with one attached hydrogen (secondary N) is 1. The van der Waals surface area contributed by atoms with Crippen LogP contribution in [-0.2, 0) is 13.5 Å². The maximum atomic E-state index is 6.00. The van der Waals surface area contributed by atoms with E-state index < -0.39 is 0 Å². The molecule has 3 heterocycles. The molecule has 1 aliphatic heterocycles. The summed E-state index contributed by atoms with van der Waals surface area (Å²) in [7, 11) is 2.00. The molecule has 5 heteroatoms. The van der Waals surface area contributed by atoms with Crippen molar-refractivity contribution in [3.8, 4) is 10.6 Å². The first-order valence-corrected chi connectivity index (χ1v) is 7.00. The second-order valence-electron chi connectivity index (χ2n) is 4.29. The summed E-state index contributed by atoms with van der Waals surface area (Å²) in [5, 5.41) is 8.09. The van der Waals surface area contributed by atoms with Crippen LogP contribution >= 0.6 is 22.9 Å². The van der Waals surface area contributed by atoms with Crippen molar-refractivity contribution in [2.45, 2.75) is 19.3 Å². The van der Waals surface area contributed by atoms with Gasteiger partial charge in [-0.2, -0.15) is 5.10 Å². The SMILES string of the molecule is Cn1nc(-c2ccc(Cl)s2)c2c1NCCCC2. The summed E-state index contributed by atoms with van der Waals surface area (Å²) in [5.41, 5.74) is 2.43. The summed E-state index contributed by atoms with van der Waals surface area (Å²) in [6.45, 7) is 1.04. The number of rotatable bonds is 1. The van der Waals surface area contributed by atoms with Gasteiger partial charge in [0.05, 0.1) is 9.21 Å². The van der Waals surface area contributed by atoms with E-state index in [0.717, 1.165) is 27.9 Å². The summed E-state index contributed by atoms with van der Waals surface area (Å²) in [4.78, 5) is 1.16. The minimum atomic E-state index is 0.820. The number of fused-ring (bicyclic) bond motifs is 1. The molecular weight excluding hydrogens is 254 g/mol. The monoisotopic (exact) mass is 267 g/mol. The van der Waals surface area contributed by atoms with Crippen LogP contribution in [0, 0.1) is 0 Å². The van der Waals surface area contributed by atoms with Gasteiger partial charge in [-0.1, -0.05) is 11.6 Å². The number of hydrogen-bond donors (Lipinski definition) is 1. The van der Waals surface area contributed by atoms with Crippen LogP contribution in [0.5, 0.6) is 0 Å². The molecule has 1 N–H and O–H groups in total. The minimum Gasteiger partial charge on any atom is -0.370 e. The molecule has 0 atom stereocenters. The van der Waals surface area contributed by atoms with Gasteiger partial charge in [0.1, 0.15) is 11.5 Å². The Balaban J connectivity index is 2.11. The van der Waals surface area contributed by atoms with Crippen molar-refractivity contribution in [1.29, 1.82) is 0 Å². The van der Waals surface area contributed by atoms with Gasteiger partial charge in [-0.3, -0.25) is 4.68 Å². The number of aryl methyl sites for hydroxylation is 1. The Bertz CT molecular complexity index is 544. The first kappa shape index (κ1) is 11.1. The van der Waals surface area contributed by atoms with E-state index in [1.54, 1.807) is 11.3 Å². The highest BCUT2D eigenvalue weighted by molar-refractivity contribution is 7.19. The third-order valence-corrected chi connectivity index (χ3v) is 4.34. The molecule has 0 bridgehead atoms. The third-order valence-electron chi connectivity index (χ3n) is 3.10. The quantitative estimate of drug-likeness (QED) is 0.856. The van der Waals surface area contributed by atoms with Gasteiger partial charge in [-0.25, -0.2) is 0 Å². The molecule has 0 spiro atoms. The lowest BCUT2D eigenvalue weighted by Crippen LogP contribution is -2.04. The average molecular weight is 268 g/mol. The van der Waals surface area contributed by atoms with Crippen molar-refractivity contribution in [1.82, 2.24) is 9.78 Å². The highest BCUT2D eigenvalue weighted by Crippen LogP contribution is 2.36. The maximum Gasteiger partial charge on any atom is 0.127 e. The van der Waals surface area contributed by atoms with Crippen LogP contribution in [0.15, 0.2) is 12.1 Å². The fourth-order valence-corrected chi connectivity index (χ4v) is 3.35. The fraction of sp³-hybridized carbons (Fsp3) is 0.417. The Kier molecular flexibility index (Phi) is 2.84. The highest BCUT2D eigenvalue weighted by Gasteiger charge is 2.19. The molecule has 3 rings (SSSR count). The summed E-state index contributed by atoms with van der Waals surface area (Å²) >= 11 is 7.60. The molecule has 0 saturated carbocycles. The number of nitrogens with zero attached hydrogens (tertiary/aromatic N) is 2. The summed E-state index contributed by atoms with van der Waals surface area (Å²) < 4.78 is 2.77. The van der Waals surface area contributed by atoms with Gasteiger partial charge in [0.25, 0.3) is 0 Å². The Labute approximate surface area is 109 Å². The molecule has 0 unspecified atom stereocenters. The van der Waals surface area contributed by atoms with E-state index >= 15 is 0 Å². The van der Waals surface area contributed by atoms with Gasteiger partial charge in [-0.15, -0.1) is 11.3 Å². The molecule has 1 aliphatic rings. The zero-order valence-corrected chi connectivity index (χ0v) is 11.2. The van der Waals surface area contributed by atoms with Crippen LogP contribution in [0.25, 0.3) is 10.6 Å². The first-order valence-electron chi connectivity index (χ1n) is 5.81. The average Bonchev–Trinajstić information content (AvgIpc) is 2.75. The van der Waals surface area contributed by atoms with Crippen LogP contribution in [0.4, 0.5) is 5.82 Å². The predicted octanol–water partition coefficient (Wildman–Crippen LogP) is 3.55. The van der Waals surface area contributed by atoms with E-state index in [4.69, 9.17) is 11.6 Å². The molecular formula is C12H14ClN3S. The van der Waals surface area contributed by atoms with Crippen molar-refractivity contribution in [2.75, 3.05) is 11.9 Å². The molecule has 3 nitrogen and oxygen atoms in total. The smallest absolute Gasteiger partial charge is 0.127 e. The van der Waals surface area contributed by atoms with Gasteiger partial charge in [-0.05, 0) is 31.4 Å². The van der Waals surface area contributed by atoms with E-state index in [1.807, 2.05) is 17.8 Å². The third kappa shape index (κ3) is 1.96. The molecule has 0 aliphatic carbocycles. The zero-order valence-electron chi connectivity index (χ0n) is 9.66. The van der Waals surface area contributed by atoms with Gasteiger partial charge in [0, 0.05) is 19.2 Å². The number of hydrogen-bond acceptors (Lipinski definition) is 3. The number of aromatic nitrogens is 2. The van der Waals surface area contributed by atoms with Crippen LogP contribution < -0.4 is 5.32 Å². The number of halogens is 1. The lowest BCUT2D eigenvalue weighted by atomic mass is 10.1. The van der Waals surface area contributed by atoms with E-state index in [-0.39, 0.29) is 0 Å². The topological polar surface area (TPSA) is 29.9 Å². The molecule has 0 fully saturated rings. The second kappa shape index (κ2) is 4.35. The van der Waals surface area contributed by atoms with E-state index in [0.29, 0.717) is 0 Å². The van der Waals surface area contributed by atoms with Crippen LogP contribution in [0.1, 0.15) is 18.4 Å². The van der Waals surface area contributed by atoms with Gasteiger partial charge in [0.15, 0.2) is 0 Å². The first-order chi connectivity index (χ1) is 8.25. The van der Waals surface area contributed by atoms with Gasteiger partial charge in [0.2, 0.25) is 0 Å². The normalized spacial score (nSPS) is 15.2. The predicted molar refractivity (Wildman–Crippen MR) is 73.0 cm³/mol. The summed E-state index contributed by atoms with van der Waals surface area (Å²) in [6.07, 6.45) is 3.54. The second-order valence-corrected chi connectivity index (χ2v) is 6.00. The van der Waals surface area contributed by atoms with Gasteiger partial charge >= 0.3 is 0 Å². The Hall–Kier alpha value is -1.00.